The summed E-state index contributed by atoms with van der Waals surface area (Å²) >= 11 is 0. The van der Waals surface area contributed by atoms with Gasteiger partial charge in [0.15, 0.2) is 0 Å². The lowest BCUT2D eigenvalue weighted by molar-refractivity contribution is 0.145. The molecular weight excluding hydrogens is 260 g/mol. The Morgan fingerprint density at radius 3 is 2.67 bits per heavy atom. The van der Waals surface area contributed by atoms with Crippen LogP contribution in [0, 0.1) is 5.92 Å². The largest absolute Gasteiger partial charge is 0.381 e. The molecule has 21 heavy (non-hydrogen) atoms. The molecule has 2 atom stereocenters. The summed E-state index contributed by atoms with van der Waals surface area (Å²) in [6, 6.07) is 1.36. The van der Waals surface area contributed by atoms with Gasteiger partial charge in [0.1, 0.15) is 0 Å². The van der Waals surface area contributed by atoms with Crippen molar-refractivity contribution in [3.63, 3.8) is 0 Å². The molecule has 0 unspecified atom stereocenters. The van der Waals surface area contributed by atoms with Crippen molar-refractivity contribution in [1.29, 1.82) is 0 Å². The van der Waals surface area contributed by atoms with Gasteiger partial charge in [-0.1, -0.05) is 11.6 Å². The van der Waals surface area contributed by atoms with E-state index in [1.54, 1.807) is 0 Å². The first-order chi connectivity index (χ1) is 10.1. The fourth-order valence-corrected chi connectivity index (χ4v) is 3.48. The van der Waals surface area contributed by atoms with Crippen molar-refractivity contribution in [2.75, 3.05) is 32.8 Å². The van der Waals surface area contributed by atoms with Gasteiger partial charge >= 0.3 is 0 Å². The van der Waals surface area contributed by atoms with Gasteiger partial charge in [-0.2, -0.15) is 0 Å². The molecule has 0 amide bonds. The van der Waals surface area contributed by atoms with Crippen molar-refractivity contribution in [2.45, 2.75) is 65.0 Å². The number of ether oxygens (including phenoxy) is 1. The van der Waals surface area contributed by atoms with Gasteiger partial charge in [-0.05, 0) is 71.9 Å². The summed E-state index contributed by atoms with van der Waals surface area (Å²) in [6.07, 6.45) is 8.69. The van der Waals surface area contributed by atoms with Gasteiger partial charge in [0.05, 0.1) is 6.61 Å². The first kappa shape index (κ1) is 17.0. The lowest BCUT2D eigenvalue weighted by Gasteiger charge is -2.35. The molecule has 122 valence electrons. The van der Waals surface area contributed by atoms with Gasteiger partial charge in [-0.25, -0.2) is 0 Å². The third kappa shape index (κ3) is 6.50. The minimum atomic E-state index is 0.639. The molecule has 1 N–H and O–H groups in total. The number of rotatable bonds is 7. The van der Waals surface area contributed by atoms with Crippen LogP contribution >= 0.6 is 0 Å². The molecule has 2 saturated heterocycles. The summed E-state index contributed by atoms with van der Waals surface area (Å²) in [4.78, 5) is 2.64. The molecule has 0 aromatic heterocycles. The Morgan fingerprint density at radius 2 is 2.05 bits per heavy atom. The maximum absolute atomic E-state index is 5.48. The van der Waals surface area contributed by atoms with Crippen LogP contribution in [-0.4, -0.2) is 49.8 Å². The first-order valence-corrected chi connectivity index (χ1v) is 8.83. The topological polar surface area (TPSA) is 24.5 Å². The third-order valence-electron chi connectivity index (χ3n) is 4.80. The van der Waals surface area contributed by atoms with Crippen molar-refractivity contribution in [3.8, 4) is 0 Å². The average molecular weight is 294 g/mol. The summed E-state index contributed by atoms with van der Waals surface area (Å²) in [6.45, 7) is 12.4. The second-order valence-electron chi connectivity index (χ2n) is 7.23. The van der Waals surface area contributed by atoms with Crippen LogP contribution in [-0.2, 0) is 4.74 Å². The molecule has 0 aromatic carbocycles. The van der Waals surface area contributed by atoms with E-state index in [-0.39, 0.29) is 0 Å². The zero-order valence-corrected chi connectivity index (χ0v) is 14.2. The maximum Gasteiger partial charge on any atom is 0.0507 e. The van der Waals surface area contributed by atoms with Gasteiger partial charge in [0, 0.05) is 25.2 Å². The Morgan fingerprint density at radius 1 is 1.29 bits per heavy atom. The highest BCUT2D eigenvalue weighted by atomic mass is 16.5. The van der Waals surface area contributed by atoms with E-state index in [1.807, 2.05) is 0 Å². The highest BCUT2D eigenvalue weighted by Gasteiger charge is 2.24. The van der Waals surface area contributed by atoms with Gasteiger partial charge in [-0.3, -0.25) is 0 Å². The van der Waals surface area contributed by atoms with Gasteiger partial charge in [0.2, 0.25) is 0 Å². The Kier molecular flexibility index (Phi) is 7.21. The molecule has 2 heterocycles. The van der Waals surface area contributed by atoms with Crippen LogP contribution in [0.15, 0.2) is 11.6 Å². The van der Waals surface area contributed by atoms with Crippen molar-refractivity contribution in [2.24, 2.45) is 5.92 Å². The summed E-state index contributed by atoms with van der Waals surface area (Å²) < 4.78 is 5.48. The van der Waals surface area contributed by atoms with Crippen molar-refractivity contribution in [1.82, 2.24) is 10.2 Å². The van der Waals surface area contributed by atoms with Crippen LogP contribution in [0.4, 0.5) is 0 Å². The van der Waals surface area contributed by atoms with Crippen LogP contribution < -0.4 is 5.32 Å². The smallest absolute Gasteiger partial charge is 0.0507 e. The number of hydrogen-bond acceptors (Lipinski definition) is 3. The minimum Gasteiger partial charge on any atom is -0.381 e. The zero-order chi connectivity index (χ0) is 15.1. The highest BCUT2D eigenvalue weighted by Crippen LogP contribution is 2.18. The second kappa shape index (κ2) is 8.92. The number of piperidine rings is 1. The predicted molar refractivity (Wildman–Crippen MR) is 89.7 cm³/mol. The van der Waals surface area contributed by atoms with Gasteiger partial charge in [0.25, 0.3) is 0 Å². The number of nitrogens with zero attached hydrogens (tertiary/aromatic N) is 1. The second-order valence-corrected chi connectivity index (χ2v) is 7.23. The van der Waals surface area contributed by atoms with E-state index in [1.165, 1.54) is 57.3 Å². The molecule has 2 rings (SSSR count). The van der Waals surface area contributed by atoms with Gasteiger partial charge in [-0.15, -0.1) is 0 Å². The Labute approximate surface area is 131 Å². The number of likely N-dealkylation sites (tertiary alicyclic amines) is 1. The molecule has 2 fully saturated rings. The maximum atomic E-state index is 5.48. The Hall–Kier alpha value is -0.380. The lowest BCUT2D eigenvalue weighted by atomic mass is 10.0. The van der Waals surface area contributed by atoms with E-state index in [0.29, 0.717) is 6.04 Å². The molecule has 0 spiro atoms. The first-order valence-electron chi connectivity index (χ1n) is 8.83. The van der Waals surface area contributed by atoms with E-state index in [2.05, 4.69) is 37.1 Å². The lowest BCUT2D eigenvalue weighted by Crippen LogP contribution is -2.46. The van der Waals surface area contributed by atoms with Crippen LogP contribution in [0.1, 0.15) is 52.9 Å². The van der Waals surface area contributed by atoms with E-state index in [0.717, 1.165) is 25.2 Å². The third-order valence-corrected chi connectivity index (χ3v) is 4.80. The molecule has 2 aliphatic rings. The molecule has 0 bridgehead atoms. The zero-order valence-electron chi connectivity index (χ0n) is 14.2. The summed E-state index contributed by atoms with van der Waals surface area (Å²) in [5.74, 6) is 0.789. The molecule has 0 aromatic rings. The van der Waals surface area contributed by atoms with E-state index in [9.17, 15) is 0 Å². The van der Waals surface area contributed by atoms with Crippen LogP contribution in [0.2, 0.25) is 0 Å². The quantitative estimate of drug-likeness (QED) is 0.730. The highest BCUT2D eigenvalue weighted by molar-refractivity contribution is 4.93. The van der Waals surface area contributed by atoms with Crippen molar-refractivity contribution >= 4 is 0 Å². The fourth-order valence-electron chi connectivity index (χ4n) is 3.48. The SMILES string of the molecule is CC(C)=CCC[C@@H](C)NC1CCN(C[C@H]2CCOC2)CC1. The molecule has 3 nitrogen and oxygen atoms in total. The number of nitrogens with one attached hydrogen (secondary N) is 1. The number of allylic oxidation sites excluding steroid dienone is 2. The van der Waals surface area contributed by atoms with Crippen molar-refractivity contribution < 1.29 is 4.74 Å². The standard InChI is InChI=1S/C18H34N2O/c1-15(2)5-4-6-16(3)19-18-7-10-20(11-8-18)13-17-9-12-21-14-17/h5,16-19H,4,6-14H2,1-3H3/t16-,17-/m1/s1. The monoisotopic (exact) mass is 294 g/mol. The van der Waals surface area contributed by atoms with Crippen LogP contribution in [0.5, 0.6) is 0 Å². The average Bonchev–Trinajstić information content (AvgIpc) is 2.93. The fraction of sp³-hybridized carbons (Fsp3) is 0.889. The normalized spacial score (nSPS) is 26.0. The summed E-state index contributed by atoms with van der Waals surface area (Å²) in [5, 5.41) is 3.83. The number of hydrogen-bond donors (Lipinski definition) is 1. The predicted octanol–water partition coefficient (Wildman–Crippen LogP) is 3.21. The van der Waals surface area contributed by atoms with E-state index in [4.69, 9.17) is 4.74 Å². The molecule has 2 aliphatic heterocycles. The Balaban J connectivity index is 1.58. The Bertz CT molecular complexity index is 311. The molecule has 0 aliphatic carbocycles. The molecule has 3 heteroatoms. The van der Waals surface area contributed by atoms with Gasteiger partial charge < -0.3 is 15.0 Å². The minimum absolute atomic E-state index is 0.639. The summed E-state index contributed by atoms with van der Waals surface area (Å²) in [7, 11) is 0. The van der Waals surface area contributed by atoms with Crippen molar-refractivity contribution in [3.05, 3.63) is 11.6 Å². The van der Waals surface area contributed by atoms with Crippen LogP contribution in [0.25, 0.3) is 0 Å². The molecular formula is C18H34N2O. The van der Waals surface area contributed by atoms with Crippen LogP contribution in [0.3, 0.4) is 0 Å². The molecule has 0 radical (unpaired) electrons. The van der Waals surface area contributed by atoms with E-state index >= 15 is 0 Å². The summed E-state index contributed by atoms with van der Waals surface area (Å²) in [5.41, 5.74) is 1.44. The molecule has 0 saturated carbocycles. The van der Waals surface area contributed by atoms with E-state index < -0.39 is 0 Å².